The fourth-order valence-corrected chi connectivity index (χ4v) is 2.88. The predicted octanol–water partition coefficient (Wildman–Crippen LogP) is 5.32. The Morgan fingerprint density at radius 2 is 1.64 bits per heavy atom. The molecular weight excluding hydrogens is 365 g/mol. The highest BCUT2D eigenvalue weighted by atomic mass is 19.4. The number of aromatic nitrogens is 3. The first-order valence-electron chi connectivity index (χ1n) is 8.58. The molecule has 0 amide bonds. The molecule has 0 unspecified atom stereocenters. The summed E-state index contributed by atoms with van der Waals surface area (Å²) >= 11 is 0. The number of benzene rings is 2. The summed E-state index contributed by atoms with van der Waals surface area (Å²) in [6, 6.07) is 16.4. The molecule has 0 aliphatic heterocycles. The molecule has 2 aromatic carbocycles. The summed E-state index contributed by atoms with van der Waals surface area (Å²) in [5.74, 6) is 1.09. The smallest absolute Gasteiger partial charge is 0.365 e. The Kier molecular flexibility index (Phi) is 4.65. The van der Waals surface area contributed by atoms with E-state index in [9.17, 15) is 13.2 Å². The topological polar surface area (TPSA) is 50.7 Å². The maximum absolute atomic E-state index is 12.9. The van der Waals surface area contributed by atoms with E-state index in [0.29, 0.717) is 17.2 Å². The molecule has 0 spiro atoms. The van der Waals surface area contributed by atoms with Crippen molar-refractivity contribution in [2.75, 3.05) is 5.32 Å². The van der Waals surface area contributed by atoms with Gasteiger partial charge in [0.15, 0.2) is 5.82 Å². The molecule has 0 radical (unpaired) electrons. The lowest BCUT2D eigenvalue weighted by atomic mass is 10.1. The normalized spacial score (nSPS) is 11.5. The third kappa shape index (κ3) is 3.78. The summed E-state index contributed by atoms with van der Waals surface area (Å²) in [4.78, 5) is 13.2. The number of hydrogen-bond acceptors (Lipinski definition) is 4. The molecule has 0 bridgehead atoms. The second-order valence-corrected chi connectivity index (χ2v) is 6.20. The lowest BCUT2D eigenvalue weighted by Crippen LogP contribution is -2.08. The fourth-order valence-electron chi connectivity index (χ4n) is 2.88. The van der Waals surface area contributed by atoms with Gasteiger partial charge in [-0.15, -0.1) is 0 Å². The van der Waals surface area contributed by atoms with Gasteiger partial charge in [-0.3, -0.25) is 4.98 Å². The molecule has 4 nitrogen and oxygen atoms in total. The van der Waals surface area contributed by atoms with Gasteiger partial charge in [0.05, 0.1) is 11.1 Å². The monoisotopic (exact) mass is 380 g/mol. The van der Waals surface area contributed by atoms with Crippen LogP contribution < -0.4 is 5.32 Å². The maximum Gasteiger partial charge on any atom is 0.416 e. The van der Waals surface area contributed by atoms with Gasteiger partial charge in [0.1, 0.15) is 5.82 Å². The molecule has 4 rings (SSSR count). The molecule has 140 valence electrons. The zero-order valence-electron chi connectivity index (χ0n) is 14.6. The van der Waals surface area contributed by atoms with Gasteiger partial charge in [0.25, 0.3) is 0 Å². The van der Waals surface area contributed by atoms with Crippen LogP contribution in [-0.2, 0) is 12.7 Å². The van der Waals surface area contributed by atoms with E-state index in [1.165, 1.54) is 6.07 Å². The summed E-state index contributed by atoms with van der Waals surface area (Å²) in [6.45, 7) is 0.209. The number of pyridine rings is 1. The van der Waals surface area contributed by atoms with Gasteiger partial charge in [0.2, 0.25) is 0 Å². The minimum atomic E-state index is -4.37. The lowest BCUT2D eigenvalue weighted by molar-refractivity contribution is -0.137. The maximum atomic E-state index is 12.9. The van der Waals surface area contributed by atoms with Crippen LogP contribution in [0.25, 0.3) is 22.3 Å². The Hall–Kier alpha value is -3.48. The van der Waals surface area contributed by atoms with Crippen molar-refractivity contribution in [3.8, 4) is 11.4 Å². The number of nitrogens with one attached hydrogen (secondary N) is 1. The summed E-state index contributed by atoms with van der Waals surface area (Å²) in [6.07, 6.45) is -1.06. The van der Waals surface area contributed by atoms with Gasteiger partial charge < -0.3 is 5.32 Å². The van der Waals surface area contributed by atoms with E-state index in [4.69, 9.17) is 0 Å². The van der Waals surface area contributed by atoms with Gasteiger partial charge >= 0.3 is 6.18 Å². The fraction of sp³-hybridized carbons (Fsp3) is 0.0952. The van der Waals surface area contributed by atoms with E-state index in [-0.39, 0.29) is 6.54 Å². The molecule has 4 aromatic rings. The number of para-hydroxylation sites is 1. The van der Waals surface area contributed by atoms with Gasteiger partial charge in [-0.05, 0) is 42.0 Å². The molecule has 0 aliphatic carbocycles. The first-order chi connectivity index (χ1) is 13.5. The predicted molar refractivity (Wildman–Crippen MR) is 102 cm³/mol. The molecule has 0 saturated heterocycles. The molecule has 0 atom stereocenters. The largest absolute Gasteiger partial charge is 0.416 e. The third-order valence-corrected chi connectivity index (χ3v) is 4.26. The van der Waals surface area contributed by atoms with Crippen molar-refractivity contribution in [3.63, 3.8) is 0 Å². The number of fused-ring (bicyclic) bond motifs is 1. The second-order valence-electron chi connectivity index (χ2n) is 6.20. The Labute approximate surface area is 159 Å². The summed E-state index contributed by atoms with van der Waals surface area (Å²) in [5.41, 5.74) is 1.40. The highest BCUT2D eigenvalue weighted by molar-refractivity contribution is 5.90. The van der Waals surface area contributed by atoms with Gasteiger partial charge in [-0.25, -0.2) is 9.97 Å². The first-order valence-corrected chi connectivity index (χ1v) is 8.58. The van der Waals surface area contributed by atoms with E-state index in [2.05, 4.69) is 20.3 Å². The average Bonchev–Trinajstić information content (AvgIpc) is 2.72. The van der Waals surface area contributed by atoms with Crippen LogP contribution in [0.15, 0.2) is 73.1 Å². The quantitative estimate of drug-likeness (QED) is 0.520. The second kappa shape index (κ2) is 7.26. The zero-order valence-corrected chi connectivity index (χ0v) is 14.6. The van der Waals surface area contributed by atoms with Crippen LogP contribution in [0.4, 0.5) is 19.0 Å². The van der Waals surface area contributed by atoms with E-state index in [0.717, 1.165) is 28.6 Å². The molecule has 0 saturated carbocycles. The van der Waals surface area contributed by atoms with Crippen molar-refractivity contribution in [3.05, 3.63) is 84.2 Å². The number of hydrogen-bond donors (Lipinski definition) is 1. The Balaban J connectivity index is 1.69. The molecule has 0 aliphatic rings. The van der Waals surface area contributed by atoms with Crippen molar-refractivity contribution in [1.82, 2.24) is 15.0 Å². The summed E-state index contributed by atoms with van der Waals surface area (Å²) in [7, 11) is 0. The SMILES string of the molecule is FC(F)(F)c1cccc(CNc2nc(-c3ccncc3)nc3ccccc23)c1. The van der Waals surface area contributed by atoms with E-state index in [1.807, 2.05) is 24.3 Å². The highest BCUT2D eigenvalue weighted by Gasteiger charge is 2.30. The summed E-state index contributed by atoms with van der Waals surface area (Å²) < 4.78 is 38.8. The molecule has 1 N–H and O–H groups in total. The van der Waals surface area contributed by atoms with Crippen LogP contribution in [0.1, 0.15) is 11.1 Å². The van der Waals surface area contributed by atoms with Gasteiger partial charge in [0, 0.05) is 29.9 Å². The average molecular weight is 380 g/mol. The van der Waals surface area contributed by atoms with Crippen molar-refractivity contribution in [1.29, 1.82) is 0 Å². The minimum Gasteiger partial charge on any atom is -0.365 e. The molecular formula is C21H15F3N4. The van der Waals surface area contributed by atoms with E-state index < -0.39 is 11.7 Å². The zero-order chi connectivity index (χ0) is 19.6. The van der Waals surface area contributed by atoms with E-state index in [1.54, 1.807) is 30.6 Å². The van der Waals surface area contributed by atoms with E-state index >= 15 is 0 Å². The number of rotatable bonds is 4. The summed E-state index contributed by atoms with van der Waals surface area (Å²) in [5, 5.41) is 3.96. The number of nitrogens with zero attached hydrogens (tertiary/aromatic N) is 3. The molecule has 7 heteroatoms. The minimum absolute atomic E-state index is 0.209. The van der Waals surface area contributed by atoms with Crippen LogP contribution in [0, 0.1) is 0 Å². The first kappa shape index (κ1) is 17.9. The third-order valence-electron chi connectivity index (χ3n) is 4.26. The number of anilines is 1. The van der Waals surface area contributed by atoms with Gasteiger partial charge in [-0.2, -0.15) is 13.2 Å². The molecule has 2 heterocycles. The van der Waals surface area contributed by atoms with Gasteiger partial charge in [-0.1, -0.05) is 24.3 Å². The number of alkyl halides is 3. The van der Waals surface area contributed by atoms with Crippen LogP contribution in [0.3, 0.4) is 0 Å². The van der Waals surface area contributed by atoms with Crippen LogP contribution in [-0.4, -0.2) is 15.0 Å². The molecule has 0 fully saturated rings. The number of halogens is 3. The van der Waals surface area contributed by atoms with Crippen LogP contribution >= 0.6 is 0 Å². The molecule has 28 heavy (non-hydrogen) atoms. The van der Waals surface area contributed by atoms with Crippen molar-refractivity contribution >= 4 is 16.7 Å². The van der Waals surface area contributed by atoms with Crippen molar-refractivity contribution in [2.45, 2.75) is 12.7 Å². The Morgan fingerprint density at radius 3 is 2.43 bits per heavy atom. The van der Waals surface area contributed by atoms with Crippen molar-refractivity contribution < 1.29 is 13.2 Å². The standard InChI is InChI=1S/C21H15F3N4/c22-21(23,24)16-5-3-4-14(12-16)13-26-20-17-6-1-2-7-18(17)27-19(28-20)15-8-10-25-11-9-15/h1-12H,13H2,(H,26,27,28). The van der Waals surface area contributed by atoms with Crippen LogP contribution in [0.2, 0.25) is 0 Å². The highest BCUT2D eigenvalue weighted by Crippen LogP contribution is 2.30. The van der Waals surface area contributed by atoms with Crippen molar-refractivity contribution in [2.24, 2.45) is 0 Å². The molecule has 2 aromatic heterocycles. The van der Waals surface area contributed by atoms with Crippen LogP contribution in [0.5, 0.6) is 0 Å². The Bertz CT molecular complexity index is 1110. The lowest BCUT2D eigenvalue weighted by Gasteiger charge is -2.12. The Morgan fingerprint density at radius 1 is 0.857 bits per heavy atom.